The van der Waals surface area contributed by atoms with Gasteiger partial charge in [0, 0.05) is 12.7 Å². The fraction of sp³-hybridized carbons (Fsp3) is 0.111. The number of rotatable bonds is 3. The second-order valence-corrected chi connectivity index (χ2v) is 6.41. The summed E-state index contributed by atoms with van der Waals surface area (Å²) in [7, 11) is 2.10. The topological polar surface area (TPSA) is 87.7 Å². The van der Waals surface area contributed by atoms with Crippen LogP contribution in [0.5, 0.6) is 5.75 Å². The van der Waals surface area contributed by atoms with Crippen molar-refractivity contribution < 1.29 is 36.7 Å². The van der Waals surface area contributed by atoms with E-state index < -0.39 is 57.4 Å². The first kappa shape index (κ1) is 21.2. The van der Waals surface area contributed by atoms with Gasteiger partial charge in [0.15, 0.2) is 22.5 Å². The van der Waals surface area contributed by atoms with E-state index in [1.807, 2.05) is 5.32 Å². The van der Waals surface area contributed by atoms with Crippen molar-refractivity contribution in [2.45, 2.75) is 0 Å². The molecule has 0 aromatic heterocycles. The lowest BCUT2D eigenvalue weighted by atomic mass is 10.1. The highest BCUT2D eigenvalue weighted by Gasteiger charge is 2.33. The molecule has 2 N–H and O–H groups in total. The number of methoxy groups -OCH3 is 1. The molecule has 0 unspecified atom stereocenters. The number of nitrogens with zero attached hydrogens (tertiary/aromatic N) is 1. The summed E-state index contributed by atoms with van der Waals surface area (Å²) in [4.78, 5) is 36.9. The van der Waals surface area contributed by atoms with Crippen molar-refractivity contribution in [3.8, 4) is 5.75 Å². The van der Waals surface area contributed by atoms with Crippen LogP contribution in [0, 0.1) is 23.3 Å². The minimum atomic E-state index is -1.96. The van der Waals surface area contributed by atoms with Crippen molar-refractivity contribution in [3.05, 3.63) is 58.2 Å². The molecular formula is C18H11F4N3O4S. The number of hydrogen-bond acceptors (Lipinski definition) is 5. The first-order valence-electron chi connectivity index (χ1n) is 8.07. The molecule has 0 radical (unpaired) electrons. The SMILES string of the molecule is COc1c(F)c(F)c(C(=O)NC(=S)Nc2ccc3c(c2)C(=O)N(C)C3=O)c(F)c1F. The van der Waals surface area contributed by atoms with E-state index in [0.29, 0.717) is 0 Å². The highest BCUT2D eigenvalue weighted by atomic mass is 32.1. The monoisotopic (exact) mass is 441 g/mol. The Labute approximate surface area is 171 Å². The van der Waals surface area contributed by atoms with Crippen LogP contribution in [0.2, 0.25) is 0 Å². The number of fused-ring (bicyclic) bond motifs is 1. The molecule has 7 nitrogen and oxygen atoms in total. The van der Waals surface area contributed by atoms with E-state index in [4.69, 9.17) is 12.2 Å². The van der Waals surface area contributed by atoms with Crippen LogP contribution >= 0.6 is 12.2 Å². The zero-order chi connectivity index (χ0) is 22.3. The second kappa shape index (κ2) is 7.71. The van der Waals surface area contributed by atoms with Crippen LogP contribution in [-0.2, 0) is 0 Å². The summed E-state index contributed by atoms with van der Waals surface area (Å²) in [6.45, 7) is 0. The number of ether oxygens (including phenoxy) is 1. The van der Waals surface area contributed by atoms with E-state index in [-0.39, 0.29) is 16.8 Å². The van der Waals surface area contributed by atoms with Gasteiger partial charge in [0.1, 0.15) is 5.56 Å². The molecule has 1 aliphatic rings. The van der Waals surface area contributed by atoms with E-state index >= 15 is 0 Å². The van der Waals surface area contributed by atoms with Gasteiger partial charge in [0.25, 0.3) is 17.7 Å². The molecule has 2 aromatic rings. The summed E-state index contributed by atoms with van der Waals surface area (Å²) in [5, 5.41) is 3.87. The number of carbonyl (C=O) groups excluding carboxylic acids is 3. The summed E-state index contributed by atoms with van der Waals surface area (Å²) in [6, 6.07) is 4.00. The van der Waals surface area contributed by atoms with Gasteiger partial charge in [-0.2, -0.15) is 8.78 Å². The highest BCUT2D eigenvalue weighted by Crippen LogP contribution is 2.30. The van der Waals surface area contributed by atoms with Crippen LogP contribution in [0.4, 0.5) is 23.2 Å². The van der Waals surface area contributed by atoms with Crippen LogP contribution < -0.4 is 15.4 Å². The molecule has 0 saturated carbocycles. The van der Waals surface area contributed by atoms with Gasteiger partial charge in [-0.1, -0.05) is 0 Å². The van der Waals surface area contributed by atoms with Gasteiger partial charge in [-0.15, -0.1) is 0 Å². The molecule has 0 fully saturated rings. The fourth-order valence-corrected chi connectivity index (χ4v) is 2.97. The van der Waals surface area contributed by atoms with Crippen molar-refractivity contribution in [1.82, 2.24) is 10.2 Å². The Hall–Kier alpha value is -3.54. The third kappa shape index (κ3) is 3.34. The van der Waals surface area contributed by atoms with Gasteiger partial charge in [-0.25, -0.2) is 8.78 Å². The van der Waals surface area contributed by atoms with Crippen LogP contribution in [-0.4, -0.2) is 41.9 Å². The van der Waals surface area contributed by atoms with Gasteiger partial charge in [-0.05, 0) is 30.4 Å². The average Bonchev–Trinajstić information content (AvgIpc) is 2.91. The number of halogens is 4. The highest BCUT2D eigenvalue weighted by molar-refractivity contribution is 7.80. The van der Waals surface area contributed by atoms with Crippen LogP contribution in [0.15, 0.2) is 18.2 Å². The number of hydrogen-bond donors (Lipinski definition) is 2. The Balaban J connectivity index is 1.81. The number of anilines is 1. The third-order valence-corrected chi connectivity index (χ3v) is 4.43. The Morgan fingerprint density at radius 3 is 2.13 bits per heavy atom. The molecule has 0 atom stereocenters. The van der Waals surface area contributed by atoms with Crippen LogP contribution in [0.3, 0.4) is 0 Å². The first-order valence-corrected chi connectivity index (χ1v) is 8.48. The van der Waals surface area contributed by atoms with Gasteiger partial charge in [-0.3, -0.25) is 24.6 Å². The second-order valence-electron chi connectivity index (χ2n) is 6.00. The quantitative estimate of drug-likeness (QED) is 0.330. The van der Waals surface area contributed by atoms with Crippen molar-refractivity contribution >= 4 is 40.7 Å². The Morgan fingerprint density at radius 1 is 1.00 bits per heavy atom. The lowest BCUT2D eigenvalue weighted by Gasteiger charge is -2.13. The van der Waals surface area contributed by atoms with Crippen LogP contribution in [0.1, 0.15) is 31.1 Å². The number of benzene rings is 2. The lowest BCUT2D eigenvalue weighted by molar-refractivity contribution is 0.0692. The molecule has 1 heterocycles. The Bertz CT molecular complexity index is 1110. The molecule has 3 amide bonds. The maximum atomic E-state index is 14.0. The molecule has 0 spiro atoms. The molecule has 156 valence electrons. The normalized spacial score (nSPS) is 12.7. The predicted molar refractivity (Wildman–Crippen MR) is 99.4 cm³/mol. The van der Waals surface area contributed by atoms with E-state index in [9.17, 15) is 31.9 Å². The maximum absolute atomic E-state index is 14.0. The zero-order valence-corrected chi connectivity index (χ0v) is 16.0. The van der Waals surface area contributed by atoms with E-state index in [1.165, 1.54) is 25.2 Å². The third-order valence-electron chi connectivity index (χ3n) is 4.23. The number of imide groups is 1. The molecule has 3 rings (SSSR count). The summed E-state index contributed by atoms with van der Waals surface area (Å²) < 4.78 is 59.8. The van der Waals surface area contributed by atoms with E-state index in [1.54, 1.807) is 0 Å². The van der Waals surface area contributed by atoms with Crippen molar-refractivity contribution in [1.29, 1.82) is 0 Å². The Kier molecular flexibility index (Phi) is 5.44. The van der Waals surface area contributed by atoms with Gasteiger partial charge in [0.2, 0.25) is 11.6 Å². The average molecular weight is 441 g/mol. The van der Waals surface area contributed by atoms with Crippen molar-refractivity contribution in [2.24, 2.45) is 0 Å². The van der Waals surface area contributed by atoms with Gasteiger partial charge < -0.3 is 10.1 Å². The fourth-order valence-electron chi connectivity index (χ4n) is 2.76. The molecule has 2 aromatic carbocycles. The van der Waals surface area contributed by atoms with Crippen molar-refractivity contribution in [2.75, 3.05) is 19.5 Å². The molecule has 0 aliphatic carbocycles. The van der Waals surface area contributed by atoms with Crippen molar-refractivity contribution in [3.63, 3.8) is 0 Å². The first-order chi connectivity index (χ1) is 14.1. The largest absolute Gasteiger partial charge is 0.491 e. The zero-order valence-electron chi connectivity index (χ0n) is 15.2. The summed E-state index contributed by atoms with van der Waals surface area (Å²) >= 11 is 4.85. The summed E-state index contributed by atoms with van der Waals surface area (Å²) in [5.74, 6) is -11.6. The molecular weight excluding hydrogens is 430 g/mol. The number of amides is 3. The number of thiocarbonyl (C=S) groups is 1. The maximum Gasteiger partial charge on any atom is 0.263 e. The summed E-state index contributed by atoms with van der Waals surface area (Å²) in [6.07, 6.45) is 0. The van der Waals surface area contributed by atoms with E-state index in [2.05, 4.69) is 10.1 Å². The van der Waals surface area contributed by atoms with E-state index in [0.717, 1.165) is 12.0 Å². The number of nitrogens with one attached hydrogen (secondary N) is 2. The molecule has 0 bridgehead atoms. The summed E-state index contributed by atoms with van der Waals surface area (Å²) in [5.41, 5.74) is -1.12. The molecule has 30 heavy (non-hydrogen) atoms. The molecule has 1 aliphatic heterocycles. The molecule has 12 heteroatoms. The molecule has 0 saturated heterocycles. The smallest absolute Gasteiger partial charge is 0.263 e. The minimum Gasteiger partial charge on any atom is -0.491 e. The predicted octanol–water partition coefficient (Wildman–Crippen LogP) is 2.60. The van der Waals surface area contributed by atoms with Gasteiger partial charge >= 0.3 is 0 Å². The minimum absolute atomic E-state index is 0.0815. The lowest BCUT2D eigenvalue weighted by Crippen LogP contribution is -2.35. The van der Waals surface area contributed by atoms with Crippen LogP contribution in [0.25, 0.3) is 0 Å². The Morgan fingerprint density at radius 2 is 1.57 bits per heavy atom. The van der Waals surface area contributed by atoms with Gasteiger partial charge in [0.05, 0.1) is 18.2 Å². The number of carbonyl (C=O) groups is 3. The standard InChI is InChI=1S/C18H11F4N3O4S/c1-25-16(27)7-4-3-6(5-8(7)17(25)28)23-18(30)24-15(26)9-10(19)12(21)14(29-2)13(22)11(9)20/h3-5H,1-2H3,(H2,23,24,26,30).